The van der Waals surface area contributed by atoms with E-state index in [1.807, 2.05) is 18.9 Å². The van der Waals surface area contributed by atoms with Crippen LogP contribution in [-0.2, 0) is 6.18 Å². The van der Waals surface area contributed by atoms with E-state index in [9.17, 15) is 26.7 Å². The summed E-state index contributed by atoms with van der Waals surface area (Å²) < 4.78 is 68.3. The lowest BCUT2D eigenvalue weighted by molar-refractivity contribution is -0.137. The van der Waals surface area contributed by atoms with Crippen LogP contribution in [0.5, 0.6) is 0 Å². The zero-order valence-electron chi connectivity index (χ0n) is 22.8. The van der Waals surface area contributed by atoms with Gasteiger partial charge in [-0.05, 0) is 55.2 Å². The molecule has 1 atom stereocenters. The number of benzene rings is 2. The maximum Gasteiger partial charge on any atom is 0.416 e. The molecule has 0 bridgehead atoms. The molecule has 2 aromatic carbocycles. The number of hydrazine groups is 1. The first-order valence-electron chi connectivity index (χ1n) is 13.9. The Kier molecular flexibility index (Phi) is 9.65. The second-order valence-corrected chi connectivity index (χ2v) is 10.9. The number of carbonyl (C=O) groups is 1. The molecule has 1 amide bonds. The maximum absolute atomic E-state index is 13.8. The van der Waals surface area contributed by atoms with Crippen molar-refractivity contribution in [2.75, 3.05) is 12.0 Å². The van der Waals surface area contributed by atoms with Gasteiger partial charge in [-0.25, -0.2) is 8.78 Å². The summed E-state index contributed by atoms with van der Waals surface area (Å²) in [6.07, 6.45) is 2.97. The molecule has 2 aliphatic rings. The van der Waals surface area contributed by atoms with E-state index in [0.29, 0.717) is 17.8 Å². The van der Waals surface area contributed by atoms with Crippen molar-refractivity contribution >= 4 is 17.6 Å². The van der Waals surface area contributed by atoms with E-state index < -0.39 is 35.4 Å². The number of fused-ring (bicyclic) bond motifs is 1. The fourth-order valence-electron chi connectivity index (χ4n) is 5.10. The van der Waals surface area contributed by atoms with Crippen molar-refractivity contribution in [1.29, 1.82) is 0 Å². The molecule has 1 aliphatic carbocycles. The Labute approximate surface area is 231 Å². The zero-order chi connectivity index (χ0) is 28.9. The van der Waals surface area contributed by atoms with E-state index in [1.165, 1.54) is 18.9 Å². The number of amides is 1. The molecule has 11 heteroatoms. The minimum absolute atomic E-state index is 0.0329. The van der Waals surface area contributed by atoms with Crippen LogP contribution in [0.15, 0.2) is 41.4 Å². The summed E-state index contributed by atoms with van der Waals surface area (Å²) in [6, 6.07) is 6.42. The highest BCUT2D eigenvalue weighted by atomic mass is 19.4. The average Bonchev–Trinajstić information content (AvgIpc) is 3.31. The number of aliphatic imine (C=N–C) groups is 1. The molecule has 0 saturated heterocycles. The number of nitrogens with one attached hydrogen (secondary N) is 3. The lowest BCUT2D eigenvalue weighted by atomic mass is 10.0. The molecule has 0 spiro atoms. The predicted molar refractivity (Wildman–Crippen MR) is 144 cm³/mol. The molecule has 2 aromatic rings. The van der Waals surface area contributed by atoms with Crippen LogP contribution in [-0.4, -0.2) is 29.5 Å². The second kappa shape index (κ2) is 13.0. The van der Waals surface area contributed by atoms with Gasteiger partial charge in [0.05, 0.1) is 11.3 Å². The summed E-state index contributed by atoms with van der Waals surface area (Å²) >= 11 is 0. The van der Waals surface area contributed by atoms with Gasteiger partial charge in [0.2, 0.25) is 0 Å². The van der Waals surface area contributed by atoms with Crippen molar-refractivity contribution in [3.8, 4) is 0 Å². The van der Waals surface area contributed by atoms with E-state index in [4.69, 9.17) is 0 Å². The number of nitrogens with zero attached hydrogens (tertiary/aromatic N) is 2. The number of rotatable bonds is 5. The van der Waals surface area contributed by atoms with Crippen molar-refractivity contribution in [2.45, 2.75) is 83.6 Å². The van der Waals surface area contributed by atoms with Crippen molar-refractivity contribution < 1.29 is 26.7 Å². The minimum Gasteiger partial charge on any atom is -0.335 e. The Morgan fingerprint density at radius 1 is 1.00 bits per heavy atom. The third kappa shape index (κ3) is 7.50. The lowest BCUT2D eigenvalue weighted by Gasteiger charge is -2.34. The van der Waals surface area contributed by atoms with Crippen LogP contribution < -0.4 is 16.1 Å². The van der Waals surface area contributed by atoms with E-state index in [2.05, 4.69) is 21.1 Å². The monoisotopic (exact) mass is 565 g/mol. The molecule has 0 radical (unpaired) electrons. The molecule has 6 nitrogen and oxygen atoms in total. The Balaban J connectivity index is 1.67. The van der Waals surface area contributed by atoms with Crippen LogP contribution in [0.25, 0.3) is 0 Å². The molecule has 3 N–H and O–H groups in total. The SMILES string of the molecule is CC(C)CN=C(NC(=O)c1ccc(F)c(F)c1)NC1c2cc(C(F)(F)F)ccc2NN1C1CCCCCCCC1. The van der Waals surface area contributed by atoms with E-state index in [0.717, 1.165) is 68.9 Å². The van der Waals surface area contributed by atoms with Crippen molar-refractivity contribution in [1.82, 2.24) is 15.6 Å². The van der Waals surface area contributed by atoms with Crippen LogP contribution in [0.4, 0.5) is 27.6 Å². The molecule has 1 saturated carbocycles. The van der Waals surface area contributed by atoms with Gasteiger partial charge in [-0.15, -0.1) is 0 Å². The van der Waals surface area contributed by atoms with E-state index in [-0.39, 0.29) is 23.5 Å². The van der Waals surface area contributed by atoms with Gasteiger partial charge in [-0.1, -0.05) is 52.4 Å². The smallest absolute Gasteiger partial charge is 0.335 e. The third-order valence-electron chi connectivity index (χ3n) is 7.22. The summed E-state index contributed by atoms with van der Waals surface area (Å²) in [5.74, 6) is -2.82. The van der Waals surface area contributed by atoms with Gasteiger partial charge in [-0.3, -0.25) is 15.1 Å². The molecule has 1 unspecified atom stereocenters. The number of anilines is 1. The predicted octanol–water partition coefficient (Wildman–Crippen LogP) is 7.16. The van der Waals surface area contributed by atoms with Gasteiger partial charge in [-0.2, -0.15) is 18.2 Å². The van der Waals surface area contributed by atoms with Gasteiger partial charge in [0, 0.05) is 23.7 Å². The Bertz CT molecular complexity index is 1210. The molecule has 0 aromatic heterocycles. The molecular weight excluding hydrogens is 529 g/mol. The van der Waals surface area contributed by atoms with Crippen molar-refractivity contribution in [3.05, 3.63) is 64.7 Å². The summed E-state index contributed by atoms with van der Waals surface area (Å²) in [6.45, 7) is 4.19. The summed E-state index contributed by atoms with van der Waals surface area (Å²) in [4.78, 5) is 17.5. The molecule has 40 heavy (non-hydrogen) atoms. The lowest BCUT2D eigenvalue weighted by Crippen LogP contribution is -2.50. The highest BCUT2D eigenvalue weighted by Crippen LogP contribution is 2.41. The van der Waals surface area contributed by atoms with Crippen LogP contribution in [0.3, 0.4) is 0 Å². The number of hydrogen-bond acceptors (Lipinski definition) is 4. The summed E-state index contributed by atoms with van der Waals surface area (Å²) in [5.41, 5.74) is 3.35. The van der Waals surface area contributed by atoms with Gasteiger partial charge in [0.25, 0.3) is 5.91 Å². The summed E-state index contributed by atoms with van der Waals surface area (Å²) in [5, 5.41) is 7.74. The molecule has 218 valence electrons. The van der Waals surface area contributed by atoms with Crippen LogP contribution in [0, 0.1) is 17.6 Å². The van der Waals surface area contributed by atoms with Crippen LogP contribution in [0.2, 0.25) is 0 Å². The van der Waals surface area contributed by atoms with Gasteiger partial charge < -0.3 is 10.7 Å². The second-order valence-electron chi connectivity index (χ2n) is 10.9. The standard InChI is InChI=1S/C29H36F5N5O/c1-18(2)17-35-28(37-27(40)19-11-13-23(30)24(31)15-19)36-26-22-16-20(29(32,33)34)12-14-25(22)38-39(26)21-9-7-5-3-4-6-8-10-21/h11-16,18,21,26,38H,3-10,17H2,1-2H3,(H2,35,36,37,40). The first-order chi connectivity index (χ1) is 19.0. The average molecular weight is 566 g/mol. The van der Waals surface area contributed by atoms with Crippen molar-refractivity contribution in [3.63, 3.8) is 0 Å². The number of guanidine groups is 1. The highest BCUT2D eigenvalue weighted by Gasteiger charge is 2.39. The van der Waals surface area contributed by atoms with E-state index >= 15 is 0 Å². The molecule has 1 heterocycles. The third-order valence-corrected chi connectivity index (χ3v) is 7.22. The Morgan fingerprint density at radius 2 is 1.68 bits per heavy atom. The Morgan fingerprint density at radius 3 is 2.30 bits per heavy atom. The number of halogens is 5. The largest absolute Gasteiger partial charge is 0.416 e. The zero-order valence-corrected chi connectivity index (χ0v) is 22.8. The maximum atomic E-state index is 13.8. The molecule has 1 aliphatic heterocycles. The number of hydrogen-bond donors (Lipinski definition) is 3. The van der Waals surface area contributed by atoms with Crippen molar-refractivity contribution in [2.24, 2.45) is 10.9 Å². The molecule has 1 fully saturated rings. The van der Waals surface area contributed by atoms with E-state index in [1.54, 1.807) is 0 Å². The summed E-state index contributed by atoms with van der Waals surface area (Å²) in [7, 11) is 0. The Hall–Kier alpha value is -3.21. The topological polar surface area (TPSA) is 68.8 Å². The fourth-order valence-corrected chi connectivity index (χ4v) is 5.10. The number of carbonyl (C=O) groups excluding carboxylic acids is 1. The minimum atomic E-state index is -4.53. The highest BCUT2D eigenvalue weighted by molar-refractivity contribution is 6.05. The van der Waals surface area contributed by atoms with Gasteiger partial charge >= 0.3 is 6.18 Å². The quantitative estimate of drug-likeness (QED) is 0.205. The van der Waals surface area contributed by atoms with Gasteiger partial charge in [0.15, 0.2) is 17.6 Å². The first-order valence-corrected chi connectivity index (χ1v) is 13.9. The van der Waals surface area contributed by atoms with Crippen LogP contribution >= 0.6 is 0 Å². The fraction of sp³-hybridized carbons (Fsp3) is 0.517. The first kappa shape index (κ1) is 29.8. The van der Waals surface area contributed by atoms with Crippen LogP contribution in [0.1, 0.15) is 92.9 Å². The number of alkyl halides is 3. The molecular formula is C29H36F5N5O. The van der Waals surface area contributed by atoms with Gasteiger partial charge in [0.1, 0.15) is 6.17 Å². The normalized spacial score (nSPS) is 19.4. The molecule has 4 rings (SSSR count).